The maximum Gasteiger partial charge on any atom is 0.260 e. The monoisotopic (exact) mass is 465 g/mol. The molecule has 1 atom stereocenters. The van der Waals surface area contributed by atoms with Crippen LogP contribution in [-0.2, 0) is 16.1 Å². The van der Waals surface area contributed by atoms with Crippen LogP contribution in [0.4, 0.5) is 10.3 Å². The summed E-state index contributed by atoms with van der Waals surface area (Å²) >= 11 is 0. The molecule has 2 aromatic heterocycles. The fraction of sp³-hybridized carbons (Fsp3) is 0.261. The van der Waals surface area contributed by atoms with Crippen LogP contribution in [0.1, 0.15) is 28.6 Å². The summed E-state index contributed by atoms with van der Waals surface area (Å²) in [7, 11) is 3.03. The Balaban J connectivity index is 1.78. The second kappa shape index (κ2) is 9.69. The predicted octanol–water partition coefficient (Wildman–Crippen LogP) is 1.89. The molecule has 3 aromatic rings. The third-order valence-electron chi connectivity index (χ3n) is 5.36. The molecule has 0 saturated heterocycles. The average molecular weight is 465 g/mol. The van der Waals surface area contributed by atoms with Crippen LogP contribution in [-0.4, -0.2) is 47.5 Å². The van der Waals surface area contributed by atoms with Crippen molar-refractivity contribution in [3.05, 3.63) is 64.7 Å². The molecule has 3 heterocycles. The number of hydrogen-bond donors (Lipinski definition) is 3. The number of benzene rings is 1. The van der Waals surface area contributed by atoms with Crippen LogP contribution in [0.25, 0.3) is 11.3 Å². The standard InChI is InChI=1S/C23H24FN7O3/c1-12-21-18(30-23(25)27-12)10-17(29-22(21)31-34-11-19(32)26-2)14-8-7-13(24)9-15(14)16-5-4-6-20(28-16)33-3/h4-9,17H,10-11H2,1-3H3,(H,26,32)(H,29,31)(H2,25,27,30)/t17-/m1/s1. The van der Waals surface area contributed by atoms with Crippen molar-refractivity contribution in [3.8, 4) is 17.1 Å². The summed E-state index contributed by atoms with van der Waals surface area (Å²) in [5.74, 6) is 0.172. The highest BCUT2D eigenvalue weighted by Gasteiger charge is 2.30. The number of nitrogens with zero attached hydrogens (tertiary/aromatic N) is 4. The Morgan fingerprint density at radius 1 is 1.29 bits per heavy atom. The largest absolute Gasteiger partial charge is 0.481 e. The number of nitrogens with two attached hydrogens (primary N) is 1. The van der Waals surface area contributed by atoms with Crippen LogP contribution in [0.15, 0.2) is 41.6 Å². The van der Waals surface area contributed by atoms with Gasteiger partial charge in [-0.2, -0.15) is 0 Å². The topological polar surface area (TPSA) is 137 Å². The number of aromatic nitrogens is 3. The predicted molar refractivity (Wildman–Crippen MR) is 124 cm³/mol. The zero-order chi connectivity index (χ0) is 24.2. The Morgan fingerprint density at radius 3 is 2.88 bits per heavy atom. The summed E-state index contributed by atoms with van der Waals surface area (Å²) in [6, 6.07) is 9.41. The number of amidine groups is 1. The van der Waals surface area contributed by atoms with E-state index in [1.807, 2.05) is 0 Å². The molecule has 0 radical (unpaired) electrons. The molecule has 0 aliphatic carbocycles. The second-order valence-corrected chi connectivity index (χ2v) is 7.57. The number of pyridine rings is 1. The summed E-state index contributed by atoms with van der Waals surface area (Å²) in [5.41, 5.74) is 9.72. The van der Waals surface area contributed by atoms with Crippen LogP contribution in [0, 0.1) is 12.7 Å². The summed E-state index contributed by atoms with van der Waals surface area (Å²) in [5, 5.41) is 9.94. The minimum Gasteiger partial charge on any atom is -0.481 e. The highest BCUT2D eigenvalue weighted by molar-refractivity contribution is 6.01. The van der Waals surface area contributed by atoms with Gasteiger partial charge < -0.3 is 25.9 Å². The summed E-state index contributed by atoms with van der Waals surface area (Å²) in [6.07, 6.45) is 0.431. The van der Waals surface area contributed by atoms with Gasteiger partial charge in [0, 0.05) is 25.1 Å². The Bertz CT molecular complexity index is 1270. The Labute approximate surface area is 195 Å². The molecule has 10 nitrogen and oxygen atoms in total. The second-order valence-electron chi connectivity index (χ2n) is 7.57. The van der Waals surface area contributed by atoms with E-state index in [4.69, 9.17) is 15.3 Å². The fourth-order valence-electron chi connectivity index (χ4n) is 3.81. The first-order chi connectivity index (χ1) is 16.4. The molecule has 11 heteroatoms. The van der Waals surface area contributed by atoms with E-state index < -0.39 is 5.82 Å². The first-order valence-corrected chi connectivity index (χ1v) is 10.5. The Hall–Kier alpha value is -4.28. The third-order valence-corrected chi connectivity index (χ3v) is 5.36. The lowest BCUT2D eigenvalue weighted by molar-refractivity contribution is -0.125. The Morgan fingerprint density at radius 2 is 2.12 bits per heavy atom. The number of hydrogen-bond acceptors (Lipinski definition) is 8. The minimum absolute atomic E-state index is 0.135. The maximum absolute atomic E-state index is 14.3. The van der Waals surface area contributed by atoms with Crippen molar-refractivity contribution in [2.24, 2.45) is 5.16 Å². The highest BCUT2D eigenvalue weighted by Crippen LogP contribution is 2.34. The normalized spacial score (nSPS) is 15.9. The van der Waals surface area contributed by atoms with Crippen molar-refractivity contribution in [2.45, 2.75) is 19.4 Å². The molecule has 1 amide bonds. The fourth-order valence-corrected chi connectivity index (χ4v) is 3.81. The van der Waals surface area contributed by atoms with Crippen LogP contribution < -0.4 is 21.1 Å². The quantitative estimate of drug-likeness (QED) is 0.470. The van der Waals surface area contributed by atoms with E-state index >= 15 is 0 Å². The summed E-state index contributed by atoms with van der Waals surface area (Å²) in [6.45, 7) is 1.53. The van der Waals surface area contributed by atoms with Gasteiger partial charge in [-0.05, 0) is 30.7 Å². The molecule has 0 fully saturated rings. The molecule has 0 spiro atoms. The first kappa shape index (κ1) is 22.9. The minimum atomic E-state index is -0.398. The third kappa shape index (κ3) is 4.72. The van der Waals surface area contributed by atoms with Gasteiger partial charge in [-0.3, -0.25) is 4.79 Å². The number of nitrogen functional groups attached to an aromatic ring is 1. The molecule has 0 unspecified atom stereocenters. The molecule has 0 bridgehead atoms. The van der Waals surface area contributed by atoms with Gasteiger partial charge >= 0.3 is 0 Å². The van der Waals surface area contributed by atoms with Crippen molar-refractivity contribution in [1.29, 1.82) is 0 Å². The van der Waals surface area contributed by atoms with E-state index in [0.29, 0.717) is 46.3 Å². The van der Waals surface area contributed by atoms with Gasteiger partial charge in [0.15, 0.2) is 12.4 Å². The molecule has 1 aromatic carbocycles. The van der Waals surface area contributed by atoms with E-state index in [-0.39, 0.29) is 24.5 Å². The molecule has 176 valence electrons. The van der Waals surface area contributed by atoms with Crippen molar-refractivity contribution in [2.75, 3.05) is 26.5 Å². The summed E-state index contributed by atoms with van der Waals surface area (Å²) < 4.78 is 19.5. The number of methoxy groups -OCH3 is 1. The molecular weight excluding hydrogens is 441 g/mol. The maximum atomic E-state index is 14.3. The van der Waals surface area contributed by atoms with Crippen molar-refractivity contribution >= 4 is 17.7 Å². The molecule has 4 N–H and O–H groups in total. The van der Waals surface area contributed by atoms with Crippen LogP contribution in [0.2, 0.25) is 0 Å². The SMILES string of the molecule is CNC(=O)CO/N=C1\N[C@@H](c2ccc(F)cc2-c2cccc(OC)n2)Cc2nc(N)nc(C)c21. The highest BCUT2D eigenvalue weighted by atomic mass is 19.1. The first-order valence-electron chi connectivity index (χ1n) is 10.5. The van der Waals surface area contributed by atoms with E-state index in [2.05, 4.69) is 30.7 Å². The number of carbonyl (C=O) groups is 1. The van der Waals surface area contributed by atoms with Crippen LogP contribution >= 0.6 is 0 Å². The van der Waals surface area contributed by atoms with E-state index in [1.165, 1.54) is 26.3 Å². The van der Waals surface area contributed by atoms with E-state index in [1.54, 1.807) is 31.2 Å². The molecule has 4 rings (SSSR count). The molecule has 34 heavy (non-hydrogen) atoms. The number of halogens is 1. The number of nitrogens with one attached hydrogen (secondary N) is 2. The molecular formula is C23H24FN7O3. The van der Waals surface area contributed by atoms with Gasteiger partial charge in [0.2, 0.25) is 11.8 Å². The van der Waals surface area contributed by atoms with E-state index in [0.717, 1.165) is 5.56 Å². The van der Waals surface area contributed by atoms with Gasteiger partial charge in [-0.15, -0.1) is 0 Å². The van der Waals surface area contributed by atoms with Crippen LogP contribution in [0.5, 0.6) is 5.88 Å². The number of rotatable bonds is 6. The van der Waals surface area contributed by atoms with Gasteiger partial charge in [-0.25, -0.2) is 19.3 Å². The molecule has 1 aliphatic rings. The summed E-state index contributed by atoms with van der Waals surface area (Å²) in [4.78, 5) is 29.9. The van der Waals surface area contributed by atoms with Crippen molar-refractivity contribution in [3.63, 3.8) is 0 Å². The average Bonchev–Trinajstić information content (AvgIpc) is 2.83. The number of fused-ring (bicyclic) bond motifs is 1. The molecule has 0 saturated carbocycles. The Kier molecular flexibility index (Phi) is 6.53. The van der Waals surface area contributed by atoms with Gasteiger partial charge in [-0.1, -0.05) is 17.3 Å². The smallest absolute Gasteiger partial charge is 0.260 e. The lowest BCUT2D eigenvalue weighted by Gasteiger charge is -2.29. The number of likely N-dealkylation sites (N-methyl/N-ethyl adjacent to an activating group) is 1. The lowest BCUT2D eigenvalue weighted by atomic mass is 9.90. The zero-order valence-corrected chi connectivity index (χ0v) is 18.9. The number of anilines is 1. The van der Waals surface area contributed by atoms with Gasteiger partial charge in [0.25, 0.3) is 5.91 Å². The number of carbonyl (C=O) groups excluding carboxylic acids is 1. The number of oxime groups is 1. The number of aryl methyl sites for hydroxylation is 1. The molecule has 1 aliphatic heterocycles. The number of amides is 1. The van der Waals surface area contributed by atoms with Gasteiger partial charge in [0.05, 0.1) is 35.8 Å². The zero-order valence-electron chi connectivity index (χ0n) is 18.9. The van der Waals surface area contributed by atoms with E-state index in [9.17, 15) is 9.18 Å². The number of ether oxygens (including phenoxy) is 1. The van der Waals surface area contributed by atoms with Crippen LogP contribution in [0.3, 0.4) is 0 Å². The van der Waals surface area contributed by atoms with Gasteiger partial charge in [0.1, 0.15) is 5.82 Å². The van der Waals surface area contributed by atoms with Crippen molar-refractivity contribution in [1.82, 2.24) is 25.6 Å². The lowest BCUT2D eigenvalue weighted by Crippen LogP contribution is -2.38. The van der Waals surface area contributed by atoms with Crippen molar-refractivity contribution < 1.29 is 18.8 Å².